The predicted octanol–water partition coefficient (Wildman–Crippen LogP) is 1.09. The summed E-state index contributed by atoms with van der Waals surface area (Å²) in [6.45, 7) is 0.301. The van der Waals surface area contributed by atoms with Crippen LogP contribution in [0.4, 0.5) is 13.2 Å². The van der Waals surface area contributed by atoms with Crippen LogP contribution in [0.25, 0.3) is 0 Å². The van der Waals surface area contributed by atoms with E-state index in [-0.39, 0.29) is 25.4 Å². The Bertz CT molecular complexity index is 495. The molecule has 130 valence electrons. The van der Waals surface area contributed by atoms with Gasteiger partial charge in [-0.3, -0.25) is 14.4 Å². The molecule has 0 radical (unpaired) electrons. The summed E-state index contributed by atoms with van der Waals surface area (Å²) in [5.41, 5.74) is 0. The lowest BCUT2D eigenvalue weighted by Gasteiger charge is -2.31. The number of amides is 2. The first-order chi connectivity index (χ1) is 10.8. The third-order valence-corrected chi connectivity index (χ3v) is 4.33. The highest BCUT2D eigenvalue weighted by atomic mass is 19.4. The van der Waals surface area contributed by atoms with Crippen LogP contribution in [0.2, 0.25) is 0 Å². The molecule has 0 saturated carbocycles. The lowest BCUT2D eigenvalue weighted by atomic mass is 10.1. The van der Waals surface area contributed by atoms with E-state index >= 15 is 0 Å². The summed E-state index contributed by atoms with van der Waals surface area (Å²) in [5, 5.41) is 0. The molecule has 0 aliphatic carbocycles. The van der Waals surface area contributed by atoms with Crippen molar-refractivity contribution in [1.82, 2.24) is 9.80 Å². The minimum atomic E-state index is -4.99. The van der Waals surface area contributed by atoms with E-state index in [1.807, 2.05) is 0 Å². The van der Waals surface area contributed by atoms with Crippen LogP contribution in [0, 0.1) is 0 Å². The SMILES string of the molecule is COC(=O)CC1CCCN1C(=O)[C@@H]1CCCN1C(=O)C(F)(F)F. The fourth-order valence-corrected chi connectivity index (χ4v) is 3.23. The van der Waals surface area contributed by atoms with Crippen LogP contribution in [0.1, 0.15) is 32.1 Å². The highest BCUT2D eigenvalue weighted by Gasteiger charge is 2.49. The van der Waals surface area contributed by atoms with Gasteiger partial charge in [0.25, 0.3) is 0 Å². The molecule has 6 nitrogen and oxygen atoms in total. The molecule has 2 atom stereocenters. The second-order valence-electron chi connectivity index (χ2n) is 5.76. The highest BCUT2D eigenvalue weighted by Crippen LogP contribution is 2.29. The Morgan fingerprint density at radius 1 is 1.09 bits per heavy atom. The van der Waals surface area contributed by atoms with Gasteiger partial charge in [-0.1, -0.05) is 0 Å². The van der Waals surface area contributed by atoms with Gasteiger partial charge in [0.2, 0.25) is 5.91 Å². The summed E-state index contributed by atoms with van der Waals surface area (Å²) in [5.74, 6) is -2.95. The van der Waals surface area contributed by atoms with E-state index in [1.54, 1.807) is 0 Å². The van der Waals surface area contributed by atoms with Gasteiger partial charge in [-0.15, -0.1) is 0 Å². The lowest BCUT2D eigenvalue weighted by Crippen LogP contribution is -2.52. The molecule has 1 unspecified atom stereocenters. The fourth-order valence-electron chi connectivity index (χ4n) is 3.23. The maximum absolute atomic E-state index is 12.6. The number of esters is 1. The minimum absolute atomic E-state index is 0.0160. The third-order valence-electron chi connectivity index (χ3n) is 4.33. The van der Waals surface area contributed by atoms with Crippen molar-refractivity contribution in [3.63, 3.8) is 0 Å². The zero-order chi connectivity index (χ0) is 17.2. The Labute approximate surface area is 131 Å². The zero-order valence-corrected chi connectivity index (χ0v) is 12.8. The molecule has 23 heavy (non-hydrogen) atoms. The van der Waals surface area contributed by atoms with E-state index in [2.05, 4.69) is 4.74 Å². The molecular weight excluding hydrogens is 317 g/mol. The van der Waals surface area contributed by atoms with Gasteiger partial charge in [-0.2, -0.15) is 13.2 Å². The average Bonchev–Trinajstić information content (AvgIpc) is 3.13. The Hall–Kier alpha value is -1.80. The van der Waals surface area contributed by atoms with Crippen molar-refractivity contribution in [2.24, 2.45) is 0 Å². The molecule has 0 bridgehead atoms. The van der Waals surface area contributed by atoms with Crippen molar-refractivity contribution in [3.8, 4) is 0 Å². The average molecular weight is 336 g/mol. The summed E-state index contributed by atoms with van der Waals surface area (Å²) in [6.07, 6.45) is -3.13. The van der Waals surface area contributed by atoms with E-state index in [4.69, 9.17) is 0 Å². The van der Waals surface area contributed by atoms with Crippen molar-refractivity contribution in [2.75, 3.05) is 20.2 Å². The summed E-state index contributed by atoms with van der Waals surface area (Å²) in [7, 11) is 1.24. The molecule has 2 rings (SSSR count). The first-order valence-corrected chi connectivity index (χ1v) is 7.50. The Morgan fingerprint density at radius 2 is 1.70 bits per heavy atom. The quantitative estimate of drug-likeness (QED) is 0.724. The van der Waals surface area contributed by atoms with Crippen molar-refractivity contribution < 1.29 is 32.3 Å². The Balaban J connectivity index is 2.09. The predicted molar refractivity (Wildman–Crippen MR) is 72.2 cm³/mol. The monoisotopic (exact) mass is 336 g/mol. The third kappa shape index (κ3) is 3.76. The van der Waals surface area contributed by atoms with Gasteiger partial charge < -0.3 is 14.5 Å². The summed E-state index contributed by atoms with van der Waals surface area (Å²) >= 11 is 0. The van der Waals surface area contributed by atoms with Gasteiger partial charge in [0.05, 0.1) is 13.5 Å². The van der Waals surface area contributed by atoms with Crippen LogP contribution in [0.3, 0.4) is 0 Å². The molecule has 2 heterocycles. The summed E-state index contributed by atoms with van der Waals surface area (Å²) < 4.78 is 42.5. The number of carbonyl (C=O) groups is 3. The number of nitrogens with zero attached hydrogens (tertiary/aromatic N) is 2. The second kappa shape index (κ2) is 6.76. The lowest BCUT2D eigenvalue weighted by molar-refractivity contribution is -0.187. The van der Waals surface area contributed by atoms with Crippen LogP contribution in [-0.4, -0.2) is 66.0 Å². The number of hydrogen-bond acceptors (Lipinski definition) is 4. The number of rotatable bonds is 3. The molecule has 2 amide bonds. The molecular formula is C14H19F3N2O4. The molecule has 2 aliphatic heterocycles. The standard InChI is InChI=1S/C14H19F3N2O4/c1-23-11(20)8-9-4-2-6-18(9)12(21)10-5-3-7-19(10)13(22)14(15,16)17/h9-10H,2-8H2,1H3/t9?,10-/m0/s1. The van der Waals surface area contributed by atoms with Crippen LogP contribution in [-0.2, 0) is 19.1 Å². The van der Waals surface area contributed by atoms with Gasteiger partial charge in [0.15, 0.2) is 0 Å². The number of alkyl halides is 3. The maximum Gasteiger partial charge on any atom is 0.471 e. The van der Waals surface area contributed by atoms with Gasteiger partial charge in [-0.05, 0) is 25.7 Å². The first-order valence-electron chi connectivity index (χ1n) is 7.50. The highest BCUT2D eigenvalue weighted by molar-refractivity contribution is 5.91. The number of likely N-dealkylation sites (tertiary alicyclic amines) is 2. The summed E-state index contributed by atoms with van der Waals surface area (Å²) in [6, 6.07) is -1.47. The normalized spacial score (nSPS) is 24.9. The van der Waals surface area contributed by atoms with Crippen LogP contribution < -0.4 is 0 Å². The number of hydrogen-bond donors (Lipinski definition) is 0. The number of methoxy groups -OCH3 is 1. The topological polar surface area (TPSA) is 66.9 Å². The van der Waals surface area contributed by atoms with Gasteiger partial charge in [0, 0.05) is 19.1 Å². The number of ether oxygens (including phenoxy) is 1. The molecule has 2 saturated heterocycles. The van der Waals surface area contributed by atoms with E-state index < -0.39 is 30.0 Å². The Kier molecular flexibility index (Phi) is 5.16. The van der Waals surface area contributed by atoms with Crippen LogP contribution in [0.15, 0.2) is 0 Å². The van der Waals surface area contributed by atoms with Gasteiger partial charge in [0.1, 0.15) is 6.04 Å². The van der Waals surface area contributed by atoms with E-state index in [0.717, 1.165) is 0 Å². The zero-order valence-electron chi connectivity index (χ0n) is 12.8. The molecule has 0 aromatic rings. The second-order valence-corrected chi connectivity index (χ2v) is 5.76. The number of halogens is 3. The molecule has 0 aromatic heterocycles. The molecule has 0 aromatic carbocycles. The molecule has 2 aliphatic rings. The van der Waals surface area contributed by atoms with E-state index in [0.29, 0.717) is 30.7 Å². The largest absolute Gasteiger partial charge is 0.471 e. The van der Waals surface area contributed by atoms with Crippen LogP contribution >= 0.6 is 0 Å². The smallest absolute Gasteiger partial charge is 0.469 e. The molecule has 9 heteroatoms. The van der Waals surface area contributed by atoms with Crippen LogP contribution in [0.5, 0.6) is 0 Å². The van der Waals surface area contributed by atoms with Crippen molar-refractivity contribution >= 4 is 17.8 Å². The van der Waals surface area contributed by atoms with Crippen molar-refractivity contribution in [3.05, 3.63) is 0 Å². The maximum atomic E-state index is 12.6. The summed E-state index contributed by atoms with van der Waals surface area (Å²) in [4.78, 5) is 37.5. The molecule has 2 fully saturated rings. The number of carbonyl (C=O) groups excluding carboxylic acids is 3. The minimum Gasteiger partial charge on any atom is -0.469 e. The molecule has 0 spiro atoms. The molecule has 0 N–H and O–H groups in total. The van der Waals surface area contributed by atoms with E-state index in [1.165, 1.54) is 12.0 Å². The fraction of sp³-hybridized carbons (Fsp3) is 0.786. The van der Waals surface area contributed by atoms with Gasteiger partial charge >= 0.3 is 18.1 Å². The Morgan fingerprint density at radius 3 is 2.30 bits per heavy atom. The van der Waals surface area contributed by atoms with Gasteiger partial charge in [-0.25, -0.2) is 0 Å². The first kappa shape index (κ1) is 17.6. The van der Waals surface area contributed by atoms with Crippen molar-refractivity contribution in [1.29, 1.82) is 0 Å². The van der Waals surface area contributed by atoms with Crippen molar-refractivity contribution in [2.45, 2.75) is 50.4 Å². The van der Waals surface area contributed by atoms with E-state index in [9.17, 15) is 27.6 Å².